The third-order valence-corrected chi connectivity index (χ3v) is 7.06. The number of carbonyl (C=O) groups excluding carboxylic acids is 2. The van der Waals surface area contributed by atoms with Gasteiger partial charge in [0.1, 0.15) is 0 Å². The minimum atomic E-state index is -0.465. The smallest absolute Gasteiger partial charge is 0.236 e. The maximum Gasteiger partial charge on any atom is 0.236 e. The van der Waals surface area contributed by atoms with Crippen LogP contribution in [0.15, 0.2) is 5.10 Å². The van der Waals surface area contributed by atoms with Crippen molar-refractivity contribution in [1.82, 2.24) is 10.3 Å². The van der Waals surface area contributed by atoms with Crippen LogP contribution in [0.3, 0.4) is 0 Å². The maximum absolute atomic E-state index is 12.9. The van der Waals surface area contributed by atoms with Crippen LogP contribution >= 0.6 is 24.0 Å². The summed E-state index contributed by atoms with van der Waals surface area (Å²) in [5, 5.41) is 4.26. The number of imide groups is 1. The van der Waals surface area contributed by atoms with Crippen LogP contribution in [-0.2, 0) is 9.59 Å². The van der Waals surface area contributed by atoms with E-state index in [0.717, 1.165) is 25.0 Å². The second kappa shape index (κ2) is 7.35. The molecule has 0 radical (unpaired) electrons. The van der Waals surface area contributed by atoms with E-state index in [9.17, 15) is 9.59 Å². The van der Waals surface area contributed by atoms with Crippen molar-refractivity contribution in [3.05, 3.63) is 0 Å². The summed E-state index contributed by atoms with van der Waals surface area (Å²) < 4.78 is 0.478. The largest absolute Gasteiger partial charge is 0.274 e. The molecule has 1 heterocycles. The van der Waals surface area contributed by atoms with E-state index in [1.54, 1.807) is 0 Å². The van der Waals surface area contributed by atoms with Crippen molar-refractivity contribution in [3.63, 3.8) is 0 Å². The fourth-order valence-corrected chi connectivity index (χ4v) is 4.76. The Bertz CT molecular complexity index is 615. The number of piperidine rings is 1. The molecule has 1 aliphatic heterocycles. The molecule has 0 unspecified atom stereocenters. The van der Waals surface area contributed by atoms with Gasteiger partial charge >= 0.3 is 0 Å². The number of hydrazone groups is 1. The number of hydrogen-bond acceptors (Lipinski definition) is 5. The summed E-state index contributed by atoms with van der Waals surface area (Å²) in [5.41, 5.74) is 3.09. The number of rotatable bonds is 5. The van der Waals surface area contributed by atoms with Crippen LogP contribution in [0.25, 0.3) is 0 Å². The SMILES string of the molecule is C/C(CC(C)C)=N\NC(=S)SCN1C(=O)[C@@H]2CC[C@@](C)(C1=O)C2(C)C. The minimum Gasteiger partial charge on any atom is -0.274 e. The van der Waals surface area contributed by atoms with E-state index in [1.807, 2.05) is 27.7 Å². The average molecular weight is 384 g/mol. The van der Waals surface area contributed by atoms with Crippen LogP contribution in [0.4, 0.5) is 0 Å². The highest BCUT2D eigenvalue weighted by atomic mass is 32.2. The maximum atomic E-state index is 12.9. The first-order valence-corrected chi connectivity index (χ1v) is 10.2. The number of hydrogen-bond donors (Lipinski definition) is 1. The topological polar surface area (TPSA) is 61.8 Å². The van der Waals surface area contributed by atoms with E-state index in [-0.39, 0.29) is 29.0 Å². The molecule has 2 fully saturated rings. The van der Waals surface area contributed by atoms with Gasteiger partial charge in [-0.25, -0.2) is 0 Å². The summed E-state index contributed by atoms with van der Waals surface area (Å²) >= 11 is 6.55. The van der Waals surface area contributed by atoms with E-state index < -0.39 is 5.41 Å². The Hall–Kier alpha value is -0.950. The third-order valence-electron chi connectivity index (χ3n) is 5.87. The van der Waals surface area contributed by atoms with Crippen molar-refractivity contribution in [2.75, 3.05) is 5.88 Å². The number of thiocarbonyl (C=S) groups is 1. The molecule has 0 aromatic rings. The zero-order valence-electron chi connectivity index (χ0n) is 16.0. The number of likely N-dealkylation sites (tertiary alicyclic amines) is 1. The first kappa shape index (κ1) is 20.4. The summed E-state index contributed by atoms with van der Waals surface area (Å²) in [5.74, 6) is 0.592. The normalized spacial score (nSPS) is 28.7. The lowest BCUT2D eigenvalue weighted by Gasteiger charge is -2.47. The lowest BCUT2D eigenvalue weighted by atomic mass is 9.62. The first-order chi connectivity index (χ1) is 11.5. The van der Waals surface area contributed by atoms with Crippen LogP contribution in [0, 0.1) is 22.7 Å². The molecule has 1 N–H and O–H groups in total. The number of thioether (sulfide) groups is 1. The van der Waals surface area contributed by atoms with Gasteiger partial charge in [-0.15, -0.1) is 0 Å². The highest BCUT2D eigenvalue weighted by Crippen LogP contribution is 2.60. The van der Waals surface area contributed by atoms with Crippen molar-refractivity contribution in [3.8, 4) is 0 Å². The highest BCUT2D eigenvalue weighted by Gasteiger charge is 2.64. The summed E-state index contributed by atoms with van der Waals surface area (Å²) in [4.78, 5) is 27.1. The summed E-state index contributed by atoms with van der Waals surface area (Å²) in [6.07, 6.45) is 2.47. The van der Waals surface area contributed by atoms with E-state index in [0.29, 0.717) is 10.2 Å². The number of nitrogens with one attached hydrogen (secondary N) is 1. The molecular weight excluding hydrogens is 354 g/mol. The molecule has 2 rings (SSSR count). The minimum absolute atomic E-state index is 0.0558. The average Bonchev–Trinajstić information content (AvgIpc) is 2.69. The molecular formula is C18H29N3O2S2. The molecule has 140 valence electrons. The van der Waals surface area contributed by atoms with Gasteiger partial charge < -0.3 is 0 Å². The molecule has 2 atom stereocenters. The predicted molar refractivity (Wildman–Crippen MR) is 107 cm³/mol. The van der Waals surface area contributed by atoms with Crippen LogP contribution in [0.5, 0.6) is 0 Å². The number of carbonyl (C=O) groups is 2. The van der Waals surface area contributed by atoms with E-state index in [2.05, 4.69) is 24.4 Å². The molecule has 1 saturated heterocycles. The quantitative estimate of drug-likeness (QED) is 0.339. The van der Waals surface area contributed by atoms with Crippen molar-refractivity contribution in [2.24, 2.45) is 27.8 Å². The molecule has 0 spiro atoms. The van der Waals surface area contributed by atoms with Gasteiger partial charge in [0.05, 0.1) is 11.3 Å². The molecule has 2 aliphatic rings. The van der Waals surface area contributed by atoms with E-state index in [4.69, 9.17) is 12.2 Å². The zero-order chi connectivity index (χ0) is 19.0. The molecule has 2 bridgehead atoms. The molecule has 2 amide bonds. The van der Waals surface area contributed by atoms with Gasteiger partial charge in [-0.05, 0) is 37.5 Å². The standard InChI is InChI=1S/C18H29N3O2S2/c1-11(2)9-12(3)19-20-16(24)25-10-21-14(22)13-7-8-18(6,15(21)23)17(13,4)5/h11,13H,7-10H2,1-6H3,(H,20,24)/b19-12+/t13-,18-/m0/s1. The van der Waals surface area contributed by atoms with Crippen molar-refractivity contribution >= 4 is 45.8 Å². The Morgan fingerprint density at radius 2 is 2.04 bits per heavy atom. The Morgan fingerprint density at radius 1 is 1.40 bits per heavy atom. The fourth-order valence-electron chi connectivity index (χ4n) is 3.96. The van der Waals surface area contributed by atoms with E-state index in [1.165, 1.54) is 16.7 Å². The molecule has 25 heavy (non-hydrogen) atoms. The van der Waals surface area contributed by atoms with Crippen LogP contribution < -0.4 is 5.43 Å². The number of amides is 2. The monoisotopic (exact) mass is 383 g/mol. The number of fused-ring (bicyclic) bond motifs is 2. The molecule has 7 heteroatoms. The lowest BCUT2D eigenvalue weighted by molar-refractivity contribution is -0.166. The molecule has 5 nitrogen and oxygen atoms in total. The van der Waals surface area contributed by atoms with Gasteiger partial charge in [-0.1, -0.05) is 58.6 Å². The van der Waals surface area contributed by atoms with Crippen LogP contribution in [-0.4, -0.2) is 32.6 Å². The third kappa shape index (κ3) is 3.77. The molecule has 1 aliphatic carbocycles. The van der Waals surface area contributed by atoms with Crippen LogP contribution in [0.1, 0.15) is 60.8 Å². The van der Waals surface area contributed by atoms with Gasteiger partial charge in [0.15, 0.2) is 4.32 Å². The van der Waals surface area contributed by atoms with Gasteiger partial charge in [-0.2, -0.15) is 5.10 Å². The number of nitrogens with zero attached hydrogens (tertiary/aromatic N) is 2. The second-order valence-corrected chi connectivity index (χ2v) is 9.96. The highest BCUT2D eigenvalue weighted by molar-refractivity contribution is 8.22. The zero-order valence-corrected chi connectivity index (χ0v) is 17.6. The Morgan fingerprint density at radius 3 is 2.64 bits per heavy atom. The predicted octanol–water partition coefficient (Wildman–Crippen LogP) is 3.78. The van der Waals surface area contributed by atoms with E-state index >= 15 is 0 Å². The fraction of sp³-hybridized carbons (Fsp3) is 0.778. The van der Waals surface area contributed by atoms with Gasteiger partial charge in [0, 0.05) is 11.6 Å². The molecule has 0 aromatic carbocycles. The van der Waals surface area contributed by atoms with Crippen molar-refractivity contribution < 1.29 is 9.59 Å². The lowest BCUT2D eigenvalue weighted by Crippen LogP contribution is -2.58. The molecule has 0 aromatic heterocycles. The molecule has 1 saturated carbocycles. The van der Waals surface area contributed by atoms with Gasteiger partial charge in [0.2, 0.25) is 11.8 Å². The Balaban J connectivity index is 1.97. The van der Waals surface area contributed by atoms with Crippen LogP contribution in [0.2, 0.25) is 0 Å². The summed E-state index contributed by atoms with van der Waals surface area (Å²) in [6.45, 7) is 12.3. The summed E-state index contributed by atoms with van der Waals surface area (Å²) in [6, 6.07) is 0. The summed E-state index contributed by atoms with van der Waals surface area (Å²) in [7, 11) is 0. The van der Waals surface area contributed by atoms with Crippen molar-refractivity contribution in [2.45, 2.75) is 60.8 Å². The van der Waals surface area contributed by atoms with Crippen molar-refractivity contribution in [1.29, 1.82) is 0 Å². The Kier molecular flexibility index (Phi) is 5.99. The van der Waals surface area contributed by atoms with Gasteiger partial charge in [0.25, 0.3) is 0 Å². The Labute approximate surface area is 160 Å². The first-order valence-electron chi connectivity index (χ1n) is 8.82. The second-order valence-electron chi connectivity index (χ2n) is 8.33. The van der Waals surface area contributed by atoms with Gasteiger partial charge in [-0.3, -0.25) is 19.9 Å².